The number of rotatable bonds is 5. The standard InChI is InChI=1S/C15H23N3O2S/c1-15(2,18(3)4)12-17-21(19,20)14-9-7-13(8-10-14)6-5-11-16/h7-10,17H,11-12,16H2,1-4H3. The molecule has 0 saturated carbocycles. The van der Waals surface area contributed by atoms with Crippen LogP contribution in [0.2, 0.25) is 0 Å². The van der Waals surface area contributed by atoms with Gasteiger partial charge in [0, 0.05) is 17.6 Å². The molecule has 1 aromatic rings. The van der Waals surface area contributed by atoms with Crippen LogP contribution in [-0.4, -0.2) is 46.0 Å². The molecule has 1 aromatic carbocycles. The predicted octanol–water partition coefficient (Wildman–Crippen LogP) is 0.615. The number of sulfonamides is 1. The van der Waals surface area contributed by atoms with Crippen molar-refractivity contribution in [3.63, 3.8) is 0 Å². The number of likely N-dealkylation sites (N-methyl/N-ethyl adjacent to an activating group) is 1. The molecule has 0 atom stereocenters. The lowest BCUT2D eigenvalue weighted by atomic mass is 10.1. The third kappa shape index (κ3) is 5.14. The molecule has 5 nitrogen and oxygen atoms in total. The third-order valence-corrected chi connectivity index (χ3v) is 4.82. The summed E-state index contributed by atoms with van der Waals surface area (Å²) in [5.74, 6) is 5.58. The Labute approximate surface area is 127 Å². The van der Waals surface area contributed by atoms with Crippen molar-refractivity contribution in [1.82, 2.24) is 9.62 Å². The molecule has 0 spiro atoms. The number of nitrogens with zero attached hydrogens (tertiary/aromatic N) is 1. The van der Waals surface area contributed by atoms with Crippen molar-refractivity contribution in [2.75, 3.05) is 27.2 Å². The lowest BCUT2D eigenvalue weighted by Gasteiger charge is -2.32. The van der Waals surface area contributed by atoms with E-state index in [0.29, 0.717) is 6.54 Å². The Balaban J connectivity index is 2.84. The van der Waals surface area contributed by atoms with Gasteiger partial charge in [0.25, 0.3) is 0 Å². The van der Waals surface area contributed by atoms with Crippen molar-refractivity contribution < 1.29 is 8.42 Å². The van der Waals surface area contributed by atoms with Gasteiger partial charge in [0.05, 0.1) is 11.4 Å². The minimum absolute atomic E-state index is 0.232. The van der Waals surface area contributed by atoms with E-state index >= 15 is 0 Å². The zero-order chi connectivity index (χ0) is 16.1. The van der Waals surface area contributed by atoms with Crippen molar-refractivity contribution in [1.29, 1.82) is 0 Å². The molecule has 0 aromatic heterocycles. The molecule has 0 fully saturated rings. The third-order valence-electron chi connectivity index (χ3n) is 3.40. The Hall–Kier alpha value is -1.39. The molecule has 6 heteroatoms. The first-order valence-corrected chi connectivity index (χ1v) is 8.13. The molecule has 0 saturated heterocycles. The number of hydrogen-bond acceptors (Lipinski definition) is 4. The van der Waals surface area contributed by atoms with E-state index in [1.54, 1.807) is 24.3 Å². The van der Waals surface area contributed by atoms with Crippen LogP contribution in [0.25, 0.3) is 0 Å². The quantitative estimate of drug-likeness (QED) is 0.782. The van der Waals surface area contributed by atoms with E-state index in [1.807, 2.05) is 32.8 Å². The first kappa shape index (κ1) is 17.7. The summed E-state index contributed by atoms with van der Waals surface area (Å²) in [6.07, 6.45) is 0. The van der Waals surface area contributed by atoms with Gasteiger partial charge in [-0.05, 0) is 52.2 Å². The number of nitrogens with two attached hydrogens (primary N) is 1. The van der Waals surface area contributed by atoms with Crippen molar-refractivity contribution in [2.24, 2.45) is 5.73 Å². The normalized spacial score (nSPS) is 12.1. The summed E-state index contributed by atoms with van der Waals surface area (Å²) >= 11 is 0. The summed E-state index contributed by atoms with van der Waals surface area (Å²) in [6, 6.07) is 6.44. The van der Waals surface area contributed by atoms with Crippen LogP contribution in [0.3, 0.4) is 0 Å². The molecular weight excluding hydrogens is 286 g/mol. The lowest BCUT2D eigenvalue weighted by Crippen LogP contribution is -2.48. The highest BCUT2D eigenvalue weighted by Crippen LogP contribution is 2.13. The second-order valence-corrected chi connectivity index (χ2v) is 7.33. The zero-order valence-corrected chi connectivity index (χ0v) is 13.8. The first-order chi connectivity index (χ1) is 9.69. The number of benzene rings is 1. The fraction of sp³-hybridized carbons (Fsp3) is 0.467. The Morgan fingerprint density at radius 3 is 2.29 bits per heavy atom. The summed E-state index contributed by atoms with van der Waals surface area (Å²) in [6.45, 7) is 4.56. The van der Waals surface area contributed by atoms with Gasteiger partial charge >= 0.3 is 0 Å². The zero-order valence-electron chi connectivity index (χ0n) is 13.0. The number of hydrogen-bond donors (Lipinski definition) is 2. The van der Waals surface area contributed by atoms with Crippen molar-refractivity contribution in [2.45, 2.75) is 24.3 Å². The second kappa shape index (κ2) is 7.05. The van der Waals surface area contributed by atoms with Gasteiger partial charge < -0.3 is 10.6 Å². The SMILES string of the molecule is CN(C)C(C)(C)CNS(=O)(=O)c1ccc(C#CCN)cc1. The van der Waals surface area contributed by atoms with Crippen LogP contribution in [0, 0.1) is 11.8 Å². The summed E-state index contributed by atoms with van der Waals surface area (Å²) < 4.78 is 27.1. The largest absolute Gasteiger partial charge is 0.320 e. The van der Waals surface area contributed by atoms with Gasteiger partial charge in [0.1, 0.15) is 0 Å². The highest BCUT2D eigenvalue weighted by atomic mass is 32.2. The second-order valence-electron chi connectivity index (χ2n) is 5.56. The monoisotopic (exact) mass is 309 g/mol. The molecule has 21 heavy (non-hydrogen) atoms. The maximum absolute atomic E-state index is 12.2. The maximum atomic E-state index is 12.2. The van der Waals surface area contributed by atoms with Gasteiger partial charge in [-0.2, -0.15) is 0 Å². The number of nitrogens with one attached hydrogen (secondary N) is 1. The van der Waals surface area contributed by atoms with Crippen molar-refractivity contribution >= 4 is 10.0 Å². The van der Waals surface area contributed by atoms with Gasteiger partial charge in [-0.3, -0.25) is 0 Å². The Morgan fingerprint density at radius 2 is 1.81 bits per heavy atom. The van der Waals surface area contributed by atoms with Crippen LogP contribution < -0.4 is 10.5 Å². The molecule has 0 aliphatic heterocycles. The topological polar surface area (TPSA) is 75.4 Å². The summed E-state index contributed by atoms with van der Waals surface area (Å²) in [5, 5.41) is 0. The molecule has 0 unspecified atom stereocenters. The fourth-order valence-electron chi connectivity index (χ4n) is 1.38. The summed E-state index contributed by atoms with van der Waals surface area (Å²) in [4.78, 5) is 2.21. The van der Waals surface area contributed by atoms with Crippen LogP contribution >= 0.6 is 0 Å². The van der Waals surface area contributed by atoms with Gasteiger partial charge in [-0.15, -0.1) is 0 Å². The highest BCUT2D eigenvalue weighted by molar-refractivity contribution is 7.89. The Bertz CT molecular complexity index is 623. The summed E-state index contributed by atoms with van der Waals surface area (Å²) in [7, 11) is 0.318. The van der Waals surface area contributed by atoms with Gasteiger partial charge in [-0.25, -0.2) is 13.1 Å². The molecule has 0 heterocycles. The molecule has 116 valence electrons. The van der Waals surface area contributed by atoms with E-state index in [0.717, 1.165) is 5.56 Å². The average Bonchev–Trinajstić information content (AvgIpc) is 2.43. The lowest BCUT2D eigenvalue weighted by molar-refractivity contribution is 0.199. The van der Waals surface area contributed by atoms with Gasteiger partial charge in [-0.1, -0.05) is 11.8 Å². The van der Waals surface area contributed by atoms with Crippen LogP contribution in [0.1, 0.15) is 19.4 Å². The Kier molecular flexibility index (Phi) is 5.93. The van der Waals surface area contributed by atoms with E-state index in [1.165, 1.54) is 0 Å². The van der Waals surface area contributed by atoms with Gasteiger partial charge in [0.15, 0.2) is 0 Å². The van der Waals surface area contributed by atoms with Crippen LogP contribution in [0.15, 0.2) is 29.2 Å². The van der Waals surface area contributed by atoms with E-state index in [-0.39, 0.29) is 17.0 Å². The molecule has 0 aliphatic carbocycles. The molecular formula is C15H23N3O2S. The molecule has 1 rings (SSSR count). The van der Waals surface area contributed by atoms with Crippen molar-refractivity contribution in [3.8, 4) is 11.8 Å². The predicted molar refractivity (Wildman–Crippen MR) is 85.3 cm³/mol. The molecule has 3 N–H and O–H groups in total. The van der Waals surface area contributed by atoms with Crippen LogP contribution in [0.4, 0.5) is 0 Å². The minimum Gasteiger partial charge on any atom is -0.320 e. The summed E-state index contributed by atoms with van der Waals surface area (Å²) in [5.41, 5.74) is 5.78. The van der Waals surface area contributed by atoms with E-state index in [2.05, 4.69) is 16.6 Å². The Morgan fingerprint density at radius 1 is 1.24 bits per heavy atom. The smallest absolute Gasteiger partial charge is 0.240 e. The highest BCUT2D eigenvalue weighted by Gasteiger charge is 2.24. The van der Waals surface area contributed by atoms with Crippen LogP contribution in [-0.2, 0) is 10.0 Å². The first-order valence-electron chi connectivity index (χ1n) is 6.65. The van der Waals surface area contributed by atoms with E-state index in [4.69, 9.17) is 5.73 Å². The maximum Gasteiger partial charge on any atom is 0.240 e. The van der Waals surface area contributed by atoms with Gasteiger partial charge in [0.2, 0.25) is 10.0 Å². The average molecular weight is 309 g/mol. The van der Waals surface area contributed by atoms with Crippen molar-refractivity contribution in [3.05, 3.63) is 29.8 Å². The fourth-order valence-corrected chi connectivity index (χ4v) is 2.59. The van der Waals surface area contributed by atoms with Crippen LogP contribution in [0.5, 0.6) is 0 Å². The van der Waals surface area contributed by atoms with E-state index < -0.39 is 10.0 Å². The molecule has 0 bridgehead atoms. The van der Waals surface area contributed by atoms with E-state index in [9.17, 15) is 8.42 Å². The molecule has 0 aliphatic rings. The molecule has 0 radical (unpaired) electrons. The minimum atomic E-state index is -3.51. The molecule has 0 amide bonds.